The minimum Gasteiger partial charge on any atom is -0.314 e. The SMILES string of the molecule is O=S(=O)(c1cc(Cl)cc(C(F)(F)F)c1)N1CCNCC1. The molecule has 9 heteroatoms. The monoisotopic (exact) mass is 328 g/mol. The van der Waals surface area contributed by atoms with Gasteiger partial charge in [0, 0.05) is 31.2 Å². The lowest BCUT2D eigenvalue weighted by atomic mass is 10.2. The number of nitrogens with zero attached hydrogens (tertiary/aromatic N) is 1. The summed E-state index contributed by atoms with van der Waals surface area (Å²) in [6.07, 6.45) is -4.64. The van der Waals surface area contributed by atoms with Crippen LogP contribution in [0.1, 0.15) is 5.56 Å². The van der Waals surface area contributed by atoms with Crippen molar-refractivity contribution in [2.75, 3.05) is 26.2 Å². The Hall–Kier alpha value is -0.830. The molecule has 0 aliphatic carbocycles. The topological polar surface area (TPSA) is 49.4 Å². The minimum atomic E-state index is -4.64. The van der Waals surface area contributed by atoms with E-state index >= 15 is 0 Å². The molecule has 112 valence electrons. The molecule has 20 heavy (non-hydrogen) atoms. The van der Waals surface area contributed by atoms with Crippen LogP contribution in [0.25, 0.3) is 0 Å². The Kier molecular flexibility index (Phi) is 4.29. The number of sulfonamides is 1. The van der Waals surface area contributed by atoms with Crippen LogP contribution in [-0.2, 0) is 16.2 Å². The van der Waals surface area contributed by atoms with Crippen molar-refractivity contribution in [2.45, 2.75) is 11.1 Å². The molecule has 0 saturated carbocycles. The molecule has 0 radical (unpaired) electrons. The second-order valence-electron chi connectivity index (χ2n) is 4.33. The van der Waals surface area contributed by atoms with Gasteiger partial charge in [0.05, 0.1) is 10.5 Å². The van der Waals surface area contributed by atoms with Gasteiger partial charge in [0.15, 0.2) is 0 Å². The van der Waals surface area contributed by atoms with Gasteiger partial charge in [0.1, 0.15) is 0 Å². The Morgan fingerprint density at radius 2 is 1.75 bits per heavy atom. The van der Waals surface area contributed by atoms with E-state index in [1.54, 1.807) is 0 Å². The Morgan fingerprint density at radius 1 is 1.15 bits per heavy atom. The molecule has 0 spiro atoms. The molecule has 4 nitrogen and oxygen atoms in total. The summed E-state index contributed by atoms with van der Waals surface area (Å²) in [5.74, 6) is 0. The molecule has 1 aliphatic heterocycles. The van der Waals surface area contributed by atoms with Crippen LogP contribution in [0.2, 0.25) is 5.02 Å². The smallest absolute Gasteiger partial charge is 0.314 e. The summed E-state index contributed by atoms with van der Waals surface area (Å²) in [6.45, 7) is 1.37. The zero-order valence-corrected chi connectivity index (χ0v) is 11.8. The fourth-order valence-corrected chi connectivity index (χ4v) is 3.72. The molecule has 0 unspecified atom stereocenters. The second kappa shape index (κ2) is 5.51. The van der Waals surface area contributed by atoms with Crippen molar-refractivity contribution >= 4 is 21.6 Å². The van der Waals surface area contributed by atoms with Gasteiger partial charge < -0.3 is 5.32 Å². The van der Waals surface area contributed by atoms with Gasteiger partial charge in [0.25, 0.3) is 0 Å². The lowest BCUT2D eigenvalue weighted by molar-refractivity contribution is -0.137. The van der Waals surface area contributed by atoms with Gasteiger partial charge in [-0.05, 0) is 18.2 Å². The highest BCUT2D eigenvalue weighted by atomic mass is 35.5. The Labute approximate surface area is 119 Å². The van der Waals surface area contributed by atoms with Gasteiger partial charge in [-0.25, -0.2) is 8.42 Å². The maximum absolute atomic E-state index is 12.7. The highest BCUT2D eigenvalue weighted by Gasteiger charge is 2.34. The van der Waals surface area contributed by atoms with Crippen molar-refractivity contribution in [3.63, 3.8) is 0 Å². The number of halogens is 4. The molecule has 1 fully saturated rings. The molecular weight excluding hydrogens is 317 g/mol. The molecule has 1 aromatic carbocycles. The third kappa shape index (κ3) is 3.25. The highest BCUT2D eigenvalue weighted by molar-refractivity contribution is 7.89. The predicted molar refractivity (Wildman–Crippen MR) is 68.1 cm³/mol. The van der Waals surface area contributed by atoms with E-state index in [4.69, 9.17) is 11.6 Å². The Balaban J connectivity index is 2.43. The summed E-state index contributed by atoms with van der Waals surface area (Å²) in [7, 11) is -3.96. The summed E-state index contributed by atoms with van der Waals surface area (Å²) >= 11 is 5.61. The standard InChI is InChI=1S/C11H12ClF3N2O2S/c12-9-5-8(11(13,14)15)6-10(7-9)20(18,19)17-3-1-16-2-4-17/h5-7,16H,1-4H2. The fraction of sp³-hybridized carbons (Fsp3) is 0.455. The average Bonchev–Trinajstić information content (AvgIpc) is 2.38. The van der Waals surface area contributed by atoms with E-state index in [2.05, 4.69) is 5.32 Å². The third-order valence-electron chi connectivity index (χ3n) is 2.91. The van der Waals surface area contributed by atoms with Crippen molar-refractivity contribution in [2.24, 2.45) is 0 Å². The van der Waals surface area contributed by atoms with E-state index in [-0.39, 0.29) is 18.1 Å². The quantitative estimate of drug-likeness (QED) is 0.903. The van der Waals surface area contributed by atoms with Gasteiger partial charge in [-0.1, -0.05) is 11.6 Å². The minimum absolute atomic E-state index is 0.218. The Bertz CT molecular complexity index is 598. The van der Waals surface area contributed by atoms with Gasteiger partial charge in [-0.15, -0.1) is 0 Å². The van der Waals surface area contributed by atoms with Crippen LogP contribution in [0.5, 0.6) is 0 Å². The summed E-state index contributed by atoms with van der Waals surface area (Å²) in [5.41, 5.74) is -1.07. The number of benzene rings is 1. The van der Waals surface area contributed by atoms with E-state index in [1.165, 1.54) is 0 Å². The molecule has 1 saturated heterocycles. The largest absolute Gasteiger partial charge is 0.416 e. The van der Waals surface area contributed by atoms with Gasteiger partial charge in [-0.2, -0.15) is 17.5 Å². The first kappa shape index (κ1) is 15.6. The number of rotatable bonds is 2. The van der Waals surface area contributed by atoms with Crippen LogP contribution in [0.3, 0.4) is 0 Å². The normalized spacial score (nSPS) is 18.2. The zero-order valence-electron chi connectivity index (χ0n) is 10.2. The van der Waals surface area contributed by atoms with Gasteiger partial charge >= 0.3 is 6.18 Å². The second-order valence-corrected chi connectivity index (χ2v) is 6.70. The van der Waals surface area contributed by atoms with Crippen molar-refractivity contribution in [3.8, 4) is 0 Å². The first-order valence-corrected chi connectivity index (χ1v) is 7.62. The zero-order chi connectivity index (χ0) is 15.0. The van der Waals surface area contributed by atoms with E-state index in [1.807, 2.05) is 0 Å². The van der Waals surface area contributed by atoms with Crippen molar-refractivity contribution < 1.29 is 21.6 Å². The molecule has 2 rings (SSSR count). The summed E-state index contributed by atoms with van der Waals surface area (Å²) in [6, 6.07) is 2.36. The third-order valence-corrected chi connectivity index (χ3v) is 5.01. The molecule has 1 N–H and O–H groups in total. The molecule has 0 atom stereocenters. The molecule has 1 aliphatic rings. The van der Waals surface area contributed by atoms with E-state index in [9.17, 15) is 21.6 Å². The number of hydrogen-bond acceptors (Lipinski definition) is 3. The average molecular weight is 329 g/mol. The van der Waals surface area contributed by atoms with Gasteiger partial charge in [-0.3, -0.25) is 0 Å². The lowest BCUT2D eigenvalue weighted by Gasteiger charge is -2.26. The van der Waals surface area contributed by atoms with E-state index in [0.29, 0.717) is 25.2 Å². The maximum atomic E-state index is 12.7. The van der Waals surface area contributed by atoms with E-state index in [0.717, 1.165) is 10.4 Å². The first-order valence-electron chi connectivity index (χ1n) is 5.80. The van der Waals surface area contributed by atoms with Crippen LogP contribution in [0.4, 0.5) is 13.2 Å². The first-order chi connectivity index (χ1) is 9.21. The van der Waals surface area contributed by atoms with Crippen LogP contribution >= 0.6 is 11.6 Å². The Morgan fingerprint density at radius 3 is 2.30 bits per heavy atom. The number of nitrogens with one attached hydrogen (secondary N) is 1. The molecule has 0 amide bonds. The van der Waals surface area contributed by atoms with Crippen LogP contribution in [0, 0.1) is 0 Å². The van der Waals surface area contributed by atoms with Gasteiger partial charge in [0.2, 0.25) is 10.0 Å². The molecule has 0 bridgehead atoms. The summed E-state index contributed by atoms with van der Waals surface area (Å²) in [5, 5.41) is 2.72. The van der Waals surface area contributed by atoms with Crippen molar-refractivity contribution in [3.05, 3.63) is 28.8 Å². The number of hydrogen-bond donors (Lipinski definition) is 1. The summed E-state index contributed by atoms with van der Waals surface area (Å²) in [4.78, 5) is -0.431. The number of piperazine rings is 1. The predicted octanol–water partition coefficient (Wildman–Crippen LogP) is 1.95. The highest BCUT2D eigenvalue weighted by Crippen LogP contribution is 2.33. The molecule has 1 aromatic rings. The van der Waals surface area contributed by atoms with Crippen LogP contribution in [-0.4, -0.2) is 38.9 Å². The van der Waals surface area contributed by atoms with Crippen LogP contribution < -0.4 is 5.32 Å². The number of alkyl halides is 3. The fourth-order valence-electron chi connectivity index (χ4n) is 1.91. The molecular formula is C11H12ClF3N2O2S. The molecule has 1 heterocycles. The van der Waals surface area contributed by atoms with Crippen molar-refractivity contribution in [1.29, 1.82) is 0 Å². The lowest BCUT2D eigenvalue weighted by Crippen LogP contribution is -2.46. The van der Waals surface area contributed by atoms with E-state index < -0.39 is 26.7 Å². The molecule has 0 aromatic heterocycles. The van der Waals surface area contributed by atoms with Crippen LogP contribution in [0.15, 0.2) is 23.1 Å². The van der Waals surface area contributed by atoms with Crippen molar-refractivity contribution in [1.82, 2.24) is 9.62 Å². The summed E-state index contributed by atoms with van der Waals surface area (Å²) < 4.78 is 63.8. The maximum Gasteiger partial charge on any atom is 0.416 e.